The van der Waals surface area contributed by atoms with Crippen LogP contribution >= 0.6 is 11.6 Å². The van der Waals surface area contributed by atoms with Crippen molar-refractivity contribution in [3.05, 3.63) is 29.0 Å². The largest absolute Gasteiger partial charge is 0.469 e. The molecule has 1 aromatic heterocycles. The third-order valence-corrected chi connectivity index (χ3v) is 2.87. The lowest BCUT2D eigenvalue weighted by Crippen LogP contribution is -2.30. The second kappa shape index (κ2) is 8.85. The molecule has 0 amide bonds. The number of hydrogen-bond acceptors (Lipinski definition) is 5. The smallest absolute Gasteiger partial charge is 0.306 e. The van der Waals surface area contributed by atoms with E-state index in [1.807, 2.05) is 6.07 Å². The quantitative estimate of drug-likeness (QED) is 0.682. The summed E-state index contributed by atoms with van der Waals surface area (Å²) in [4.78, 5) is 17.5. The topological polar surface area (TPSA) is 51.7 Å². The zero-order valence-corrected chi connectivity index (χ0v) is 12.0. The summed E-state index contributed by atoms with van der Waals surface area (Å²) in [6.45, 7) is 2.55. The molecule has 1 heterocycles. The number of carbonyl (C=O) groups excluding carboxylic acids is 1. The number of methoxy groups -OCH3 is 2. The SMILES string of the molecule is COCCN(CCC(=O)OC)Cc1cc(Cl)ccn1. The van der Waals surface area contributed by atoms with E-state index in [1.165, 1.54) is 7.11 Å². The average molecular weight is 287 g/mol. The summed E-state index contributed by atoms with van der Waals surface area (Å²) in [5.41, 5.74) is 0.869. The summed E-state index contributed by atoms with van der Waals surface area (Å²) in [7, 11) is 3.04. The Morgan fingerprint density at radius 1 is 1.42 bits per heavy atom. The monoisotopic (exact) mass is 286 g/mol. The van der Waals surface area contributed by atoms with E-state index < -0.39 is 0 Å². The molecule has 0 atom stereocenters. The highest BCUT2D eigenvalue weighted by Gasteiger charge is 2.10. The first-order valence-corrected chi connectivity index (χ1v) is 6.42. The third kappa shape index (κ3) is 6.52. The maximum Gasteiger partial charge on any atom is 0.306 e. The first kappa shape index (κ1) is 15.9. The van der Waals surface area contributed by atoms with Crippen molar-refractivity contribution in [3.8, 4) is 0 Å². The van der Waals surface area contributed by atoms with Crippen LogP contribution in [0.2, 0.25) is 5.02 Å². The van der Waals surface area contributed by atoms with Crippen molar-refractivity contribution < 1.29 is 14.3 Å². The Kier molecular flexibility index (Phi) is 7.40. The van der Waals surface area contributed by atoms with Crippen LogP contribution in [0, 0.1) is 0 Å². The van der Waals surface area contributed by atoms with Gasteiger partial charge in [0.2, 0.25) is 0 Å². The molecule has 0 N–H and O–H groups in total. The van der Waals surface area contributed by atoms with Crippen LogP contribution in [-0.4, -0.2) is 49.8 Å². The van der Waals surface area contributed by atoms with Gasteiger partial charge < -0.3 is 9.47 Å². The molecule has 0 bridgehead atoms. The van der Waals surface area contributed by atoms with Crippen LogP contribution in [-0.2, 0) is 20.8 Å². The lowest BCUT2D eigenvalue weighted by Gasteiger charge is -2.21. The first-order valence-electron chi connectivity index (χ1n) is 6.04. The van der Waals surface area contributed by atoms with Crippen LogP contribution in [0.25, 0.3) is 0 Å². The van der Waals surface area contributed by atoms with Gasteiger partial charge in [0.1, 0.15) is 0 Å². The van der Waals surface area contributed by atoms with Crippen LogP contribution in [0.15, 0.2) is 18.3 Å². The van der Waals surface area contributed by atoms with E-state index in [0.717, 1.165) is 12.2 Å². The molecular formula is C13H19ClN2O3. The van der Waals surface area contributed by atoms with Crippen LogP contribution < -0.4 is 0 Å². The molecule has 0 aliphatic heterocycles. The van der Waals surface area contributed by atoms with Crippen molar-refractivity contribution in [2.24, 2.45) is 0 Å². The normalized spacial score (nSPS) is 10.7. The molecule has 1 rings (SSSR count). The number of nitrogens with zero attached hydrogens (tertiary/aromatic N) is 2. The molecular weight excluding hydrogens is 268 g/mol. The van der Waals surface area contributed by atoms with Gasteiger partial charge in [-0.05, 0) is 12.1 Å². The van der Waals surface area contributed by atoms with E-state index in [9.17, 15) is 4.79 Å². The predicted octanol–water partition coefficient (Wildman–Crippen LogP) is 1.75. The Bertz CT molecular complexity index is 401. The Labute approximate surface area is 118 Å². The van der Waals surface area contributed by atoms with E-state index in [-0.39, 0.29) is 5.97 Å². The number of halogens is 1. The van der Waals surface area contributed by atoms with Gasteiger partial charge in [-0.1, -0.05) is 11.6 Å². The van der Waals surface area contributed by atoms with Crippen molar-refractivity contribution in [3.63, 3.8) is 0 Å². The van der Waals surface area contributed by atoms with Crippen molar-refractivity contribution in [1.82, 2.24) is 9.88 Å². The molecule has 19 heavy (non-hydrogen) atoms. The van der Waals surface area contributed by atoms with Gasteiger partial charge in [0.15, 0.2) is 0 Å². The minimum atomic E-state index is -0.221. The summed E-state index contributed by atoms with van der Waals surface area (Å²) in [6, 6.07) is 3.55. The molecule has 0 aliphatic rings. The predicted molar refractivity (Wildman–Crippen MR) is 73.0 cm³/mol. The van der Waals surface area contributed by atoms with Gasteiger partial charge in [-0.15, -0.1) is 0 Å². The van der Waals surface area contributed by atoms with E-state index in [0.29, 0.717) is 31.1 Å². The number of esters is 1. The second-order valence-electron chi connectivity index (χ2n) is 4.06. The zero-order valence-electron chi connectivity index (χ0n) is 11.3. The Hall–Kier alpha value is -1.17. The fourth-order valence-electron chi connectivity index (χ4n) is 1.61. The van der Waals surface area contributed by atoms with Gasteiger partial charge >= 0.3 is 5.97 Å². The maximum atomic E-state index is 11.2. The van der Waals surface area contributed by atoms with Crippen molar-refractivity contribution in [2.75, 3.05) is 33.9 Å². The summed E-state index contributed by atoms with van der Waals surface area (Å²) >= 11 is 5.93. The highest BCUT2D eigenvalue weighted by atomic mass is 35.5. The minimum Gasteiger partial charge on any atom is -0.469 e. The van der Waals surface area contributed by atoms with E-state index in [1.54, 1.807) is 19.4 Å². The van der Waals surface area contributed by atoms with Crippen LogP contribution in [0.4, 0.5) is 0 Å². The van der Waals surface area contributed by atoms with E-state index in [4.69, 9.17) is 16.3 Å². The van der Waals surface area contributed by atoms with E-state index >= 15 is 0 Å². The Morgan fingerprint density at radius 2 is 2.21 bits per heavy atom. The first-order chi connectivity index (χ1) is 9.15. The van der Waals surface area contributed by atoms with Crippen molar-refractivity contribution >= 4 is 17.6 Å². The molecule has 0 saturated carbocycles. The number of carbonyl (C=O) groups is 1. The molecule has 106 valence electrons. The molecule has 0 spiro atoms. The summed E-state index contributed by atoms with van der Waals surface area (Å²) in [5.74, 6) is -0.221. The van der Waals surface area contributed by atoms with Gasteiger partial charge in [0, 0.05) is 38.0 Å². The average Bonchev–Trinajstić information content (AvgIpc) is 2.41. The number of hydrogen-bond donors (Lipinski definition) is 0. The Morgan fingerprint density at radius 3 is 2.84 bits per heavy atom. The zero-order chi connectivity index (χ0) is 14.1. The van der Waals surface area contributed by atoms with Gasteiger partial charge in [0.05, 0.1) is 25.8 Å². The van der Waals surface area contributed by atoms with Crippen molar-refractivity contribution in [2.45, 2.75) is 13.0 Å². The number of aromatic nitrogens is 1. The summed E-state index contributed by atoms with van der Waals surface area (Å²) in [6.07, 6.45) is 2.02. The van der Waals surface area contributed by atoms with Gasteiger partial charge in [-0.3, -0.25) is 14.7 Å². The standard InChI is InChI=1S/C13H19ClN2O3/c1-18-8-7-16(6-4-13(17)19-2)10-12-9-11(14)3-5-15-12/h3,5,9H,4,6-8,10H2,1-2H3. The lowest BCUT2D eigenvalue weighted by molar-refractivity contribution is -0.141. The molecule has 5 nitrogen and oxygen atoms in total. The summed E-state index contributed by atoms with van der Waals surface area (Å²) < 4.78 is 9.70. The van der Waals surface area contributed by atoms with E-state index in [2.05, 4.69) is 14.6 Å². The lowest BCUT2D eigenvalue weighted by atomic mass is 10.3. The molecule has 0 fully saturated rings. The fraction of sp³-hybridized carbons (Fsp3) is 0.538. The third-order valence-electron chi connectivity index (χ3n) is 2.64. The summed E-state index contributed by atoms with van der Waals surface area (Å²) in [5, 5.41) is 0.657. The van der Waals surface area contributed by atoms with Gasteiger partial charge in [0.25, 0.3) is 0 Å². The molecule has 0 saturated heterocycles. The molecule has 6 heteroatoms. The molecule has 0 aromatic carbocycles. The van der Waals surface area contributed by atoms with Gasteiger partial charge in [-0.2, -0.15) is 0 Å². The number of ether oxygens (including phenoxy) is 2. The highest BCUT2D eigenvalue weighted by Crippen LogP contribution is 2.10. The molecule has 0 radical (unpaired) electrons. The van der Waals surface area contributed by atoms with Crippen LogP contribution in [0.1, 0.15) is 12.1 Å². The minimum absolute atomic E-state index is 0.221. The number of rotatable bonds is 8. The maximum absolute atomic E-state index is 11.2. The molecule has 0 aliphatic carbocycles. The Balaban J connectivity index is 2.55. The molecule has 0 unspecified atom stereocenters. The number of pyridine rings is 1. The van der Waals surface area contributed by atoms with Crippen LogP contribution in [0.3, 0.4) is 0 Å². The fourth-order valence-corrected chi connectivity index (χ4v) is 1.79. The second-order valence-corrected chi connectivity index (χ2v) is 4.50. The highest BCUT2D eigenvalue weighted by molar-refractivity contribution is 6.30. The van der Waals surface area contributed by atoms with Gasteiger partial charge in [-0.25, -0.2) is 0 Å². The van der Waals surface area contributed by atoms with Crippen LogP contribution in [0.5, 0.6) is 0 Å². The molecule has 1 aromatic rings. The van der Waals surface area contributed by atoms with Crippen molar-refractivity contribution in [1.29, 1.82) is 0 Å².